The highest BCUT2D eigenvalue weighted by Crippen LogP contribution is 2.23. The van der Waals surface area contributed by atoms with E-state index >= 15 is 0 Å². The highest BCUT2D eigenvalue weighted by atomic mass is 127. The van der Waals surface area contributed by atoms with Gasteiger partial charge in [-0.05, 0) is 44.5 Å². The maximum atomic E-state index is 5.96. The molecule has 7 nitrogen and oxygen atoms in total. The number of furan rings is 1. The second kappa shape index (κ2) is 10.4. The van der Waals surface area contributed by atoms with Crippen LogP contribution in [0.1, 0.15) is 37.9 Å². The highest BCUT2D eigenvalue weighted by Gasteiger charge is 2.13. The number of pyridine rings is 1. The van der Waals surface area contributed by atoms with Crippen molar-refractivity contribution in [3.63, 3.8) is 0 Å². The Kier molecular flexibility index (Phi) is 7.67. The molecule has 0 aliphatic carbocycles. The number of aryl methyl sites for hydroxylation is 1. The van der Waals surface area contributed by atoms with Gasteiger partial charge in [-0.15, -0.1) is 34.2 Å². The monoisotopic (exact) mass is 518 g/mol. The lowest BCUT2D eigenvalue weighted by molar-refractivity contribution is 0.488. The Morgan fingerprint density at radius 3 is 2.83 bits per heavy atom. The lowest BCUT2D eigenvalue weighted by atomic mass is 10.2. The maximum absolute atomic E-state index is 5.96. The topological polar surface area (TPSA) is 79.8 Å². The Balaban J connectivity index is 0.00000256. The van der Waals surface area contributed by atoms with Crippen LogP contribution >= 0.6 is 24.0 Å². The van der Waals surface area contributed by atoms with Gasteiger partial charge in [0.1, 0.15) is 17.2 Å². The number of halogens is 1. The molecule has 2 N–H and O–H groups in total. The molecule has 0 radical (unpaired) electrons. The van der Waals surface area contributed by atoms with Crippen LogP contribution in [-0.4, -0.2) is 33.6 Å². The number of hydrogen-bond acceptors (Lipinski definition) is 4. The minimum Gasteiger partial charge on any atom is -0.459 e. The van der Waals surface area contributed by atoms with Crippen LogP contribution < -0.4 is 10.6 Å². The third kappa shape index (κ3) is 5.10. The first-order chi connectivity index (χ1) is 14.2. The van der Waals surface area contributed by atoms with Gasteiger partial charge in [-0.3, -0.25) is 9.39 Å². The normalized spacial score (nSPS) is 12.7. The first kappa shape index (κ1) is 22.1. The predicted molar refractivity (Wildman–Crippen MR) is 130 cm³/mol. The van der Waals surface area contributed by atoms with E-state index in [4.69, 9.17) is 9.41 Å². The van der Waals surface area contributed by atoms with Crippen molar-refractivity contribution < 1.29 is 4.42 Å². The Morgan fingerprint density at radius 1 is 1.17 bits per heavy atom. The summed E-state index contributed by atoms with van der Waals surface area (Å²) in [7, 11) is 0. The number of fused-ring (bicyclic) bond motifs is 2. The molecule has 0 saturated carbocycles. The largest absolute Gasteiger partial charge is 0.459 e. The van der Waals surface area contributed by atoms with E-state index in [9.17, 15) is 0 Å². The molecule has 4 aromatic rings. The Hall–Kier alpha value is -2.62. The summed E-state index contributed by atoms with van der Waals surface area (Å²) in [6, 6.07) is 16.1. The summed E-state index contributed by atoms with van der Waals surface area (Å²) in [6.07, 6.45) is 3.72. The molecule has 30 heavy (non-hydrogen) atoms. The van der Waals surface area contributed by atoms with Crippen molar-refractivity contribution in [2.24, 2.45) is 4.99 Å². The zero-order valence-corrected chi connectivity index (χ0v) is 19.5. The second-order valence-corrected chi connectivity index (χ2v) is 6.96. The van der Waals surface area contributed by atoms with Gasteiger partial charge in [-0.2, -0.15) is 0 Å². The van der Waals surface area contributed by atoms with Gasteiger partial charge in [0.15, 0.2) is 11.6 Å². The zero-order chi connectivity index (χ0) is 20.1. The lowest BCUT2D eigenvalue weighted by Gasteiger charge is -2.16. The van der Waals surface area contributed by atoms with E-state index < -0.39 is 0 Å². The average Bonchev–Trinajstić information content (AvgIpc) is 3.35. The molecule has 8 heteroatoms. The number of para-hydroxylation sites is 1. The summed E-state index contributed by atoms with van der Waals surface area (Å²) in [5.41, 5.74) is 1.78. The Bertz CT molecular complexity index is 1090. The molecule has 1 unspecified atom stereocenters. The van der Waals surface area contributed by atoms with Crippen LogP contribution in [0.2, 0.25) is 0 Å². The summed E-state index contributed by atoms with van der Waals surface area (Å²) in [5.74, 6) is 2.64. The smallest absolute Gasteiger partial charge is 0.191 e. The van der Waals surface area contributed by atoms with Gasteiger partial charge < -0.3 is 15.1 Å². The molecule has 1 aromatic carbocycles. The predicted octanol–water partition coefficient (Wildman–Crippen LogP) is 4.34. The van der Waals surface area contributed by atoms with Crippen LogP contribution in [0.3, 0.4) is 0 Å². The van der Waals surface area contributed by atoms with Crippen LogP contribution in [0.15, 0.2) is 64.1 Å². The molecule has 1 atom stereocenters. The number of rotatable bonds is 7. The van der Waals surface area contributed by atoms with Gasteiger partial charge in [0.2, 0.25) is 0 Å². The number of hydrogen-bond donors (Lipinski definition) is 2. The molecule has 0 amide bonds. The third-order valence-corrected chi connectivity index (χ3v) is 4.78. The van der Waals surface area contributed by atoms with Gasteiger partial charge in [0.25, 0.3) is 0 Å². The van der Waals surface area contributed by atoms with Crippen molar-refractivity contribution >= 4 is 46.6 Å². The zero-order valence-electron chi connectivity index (χ0n) is 17.2. The summed E-state index contributed by atoms with van der Waals surface area (Å²) in [5, 5.41) is 16.3. The van der Waals surface area contributed by atoms with Gasteiger partial charge in [0.05, 0.1) is 6.04 Å². The summed E-state index contributed by atoms with van der Waals surface area (Å²) in [4.78, 5) is 4.71. The average molecular weight is 518 g/mol. The van der Waals surface area contributed by atoms with E-state index in [1.54, 1.807) is 0 Å². The molecule has 0 aliphatic heterocycles. The van der Waals surface area contributed by atoms with Gasteiger partial charge in [0, 0.05) is 31.1 Å². The highest BCUT2D eigenvalue weighted by molar-refractivity contribution is 14.0. The van der Waals surface area contributed by atoms with Crippen LogP contribution in [0.25, 0.3) is 16.6 Å². The van der Waals surface area contributed by atoms with E-state index in [1.807, 2.05) is 47.0 Å². The minimum absolute atomic E-state index is 0. The van der Waals surface area contributed by atoms with Crippen LogP contribution in [-0.2, 0) is 6.42 Å². The minimum atomic E-state index is 0. The Labute approximate surface area is 193 Å². The fourth-order valence-electron chi connectivity index (χ4n) is 3.30. The number of guanidine groups is 1. The van der Waals surface area contributed by atoms with Gasteiger partial charge in [-0.1, -0.05) is 24.3 Å². The van der Waals surface area contributed by atoms with Crippen LogP contribution in [0.4, 0.5) is 0 Å². The quantitative estimate of drug-likeness (QED) is 0.165. The third-order valence-electron chi connectivity index (χ3n) is 4.78. The maximum Gasteiger partial charge on any atom is 0.191 e. The van der Waals surface area contributed by atoms with Crippen molar-refractivity contribution in [3.8, 4) is 0 Å². The molecule has 4 rings (SSSR count). The fraction of sp³-hybridized carbons (Fsp3) is 0.318. The van der Waals surface area contributed by atoms with Crippen LogP contribution in [0, 0.1) is 0 Å². The number of benzene rings is 1. The standard InChI is InChI=1S/C22H26N6O.HI/c1-3-23-22(25-16(2)19-15-17-9-4-5-10-18(17)29-19)24-13-8-12-21-27-26-20-11-6-7-14-28(20)21;/h4-7,9-11,14-16H,3,8,12-13H2,1-2H3,(H2,23,24,25);1H. The van der Waals surface area contributed by atoms with Crippen LogP contribution in [0.5, 0.6) is 0 Å². The molecule has 3 heterocycles. The van der Waals surface area contributed by atoms with E-state index in [1.165, 1.54) is 0 Å². The van der Waals surface area contributed by atoms with Crippen molar-refractivity contribution in [1.82, 2.24) is 25.2 Å². The van der Waals surface area contributed by atoms with Gasteiger partial charge in [-0.25, -0.2) is 0 Å². The molecule has 0 aliphatic rings. The van der Waals surface area contributed by atoms with E-state index in [0.29, 0.717) is 6.54 Å². The molecular weight excluding hydrogens is 491 g/mol. The van der Waals surface area contributed by atoms with Gasteiger partial charge >= 0.3 is 0 Å². The first-order valence-corrected chi connectivity index (χ1v) is 10.1. The van der Waals surface area contributed by atoms with Crippen molar-refractivity contribution in [2.45, 2.75) is 32.7 Å². The number of nitrogens with one attached hydrogen (secondary N) is 2. The lowest BCUT2D eigenvalue weighted by Crippen LogP contribution is -2.38. The molecule has 0 bridgehead atoms. The molecule has 3 aromatic heterocycles. The van der Waals surface area contributed by atoms with E-state index in [-0.39, 0.29) is 30.0 Å². The SMILES string of the molecule is CCNC(=NCCCc1nnc2ccccn12)NC(C)c1cc2ccccc2o1.I. The Morgan fingerprint density at radius 2 is 2.00 bits per heavy atom. The fourth-order valence-corrected chi connectivity index (χ4v) is 3.30. The molecule has 0 spiro atoms. The van der Waals surface area contributed by atoms with Crippen molar-refractivity contribution in [3.05, 3.63) is 66.3 Å². The van der Waals surface area contributed by atoms with E-state index in [2.05, 4.69) is 46.8 Å². The summed E-state index contributed by atoms with van der Waals surface area (Å²) >= 11 is 0. The molecular formula is C22H27IN6O. The number of aromatic nitrogens is 3. The van der Waals surface area contributed by atoms with Crippen molar-refractivity contribution in [1.29, 1.82) is 0 Å². The molecule has 0 fully saturated rings. The second-order valence-electron chi connectivity index (χ2n) is 6.96. The number of aliphatic imine (C=N–C) groups is 1. The number of nitrogens with zero attached hydrogens (tertiary/aromatic N) is 4. The summed E-state index contributed by atoms with van der Waals surface area (Å²) in [6.45, 7) is 5.63. The summed E-state index contributed by atoms with van der Waals surface area (Å²) < 4.78 is 7.99. The van der Waals surface area contributed by atoms with Crippen molar-refractivity contribution in [2.75, 3.05) is 13.1 Å². The molecule has 0 saturated heterocycles. The van der Waals surface area contributed by atoms with E-state index in [0.717, 1.165) is 53.5 Å². The first-order valence-electron chi connectivity index (χ1n) is 10.1. The molecule has 158 valence electrons.